The molecular formula is C35H45N3O+. The molecule has 1 heterocycles. The fourth-order valence-corrected chi connectivity index (χ4v) is 5.10. The number of unbranched alkanes of at least 4 members (excludes halogenated alkanes) is 8. The summed E-state index contributed by atoms with van der Waals surface area (Å²) in [7, 11) is 0. The van der Waals surface area contributed by atoms with Crippen molar-refractivity contribution in [2.75, 3.05) is 6.54 Å². The predicted octanol–water partition coefficient (Wildman–Crippen LogP) is 9.34. The van der Waals surface area contributed by atoms with Gasteiger partial charge in [-0.2, -0.15) is 9.88 Å². The van der Waals surface area contributed by atoms with Gasteiger partial charge in [-0.25, -0.2) is 0 Å². The molecule has 0 aliphatic rings. The minimum absolute atomic E-state index is 0.623. The predicted molar refractivity (Wildman–Crippen MR) is 163 cm³/mol. The lowest BCUT2D eigenvalue weighted by molar-refractivity contribution is 0.414. The van der Waals surface area contributed by atoms with Gasteiger partial charge in [0, 0.05) is 23.1 Å². The van der Waals surface area contributed by atoms with Gasteiger partial charge >= 0.3 is 0 Å². The van der Waals surface area contributed by atoms with Crippen LogP contribution in [0.4, 0.5) is 0 Å². The molecule has 4 rings (SSSR count). The second-order valence-corrected chi connectivity index (χ2v) is 10.7. The van der Waals surface area contributed by atoms with Gasteiger partial charge in [-0.1, -0.05) is 124 Å². The van der Waals surface area contributed by atoms with Crippen LogP contribution in [0.2, 0.25) is 0 Å². The van der Waals surface area contributed by atoms with Crippen molar-refractivity contribution in [3.05, 3.63) is 95.8 Å². The molecule has 0 aliphatic heterocycles. The van der Waals surface area contributed by atoms with Crippen LogP contribution in [0.15, 0.2) is 83.4 Å². The summed E-state index contributed by atoms with van der Waals surface area (Å²) >= 11 is 0. The first-order chi connectivity index (χ1) is 19.2. The van der Waals surface area contributed by atoms with Gasteiger partial charge in [0.25, 0.3) is 5.89 Å². The third-order valence-corrected chi connectivity index (χ3v) is 7.47. The number of nitrogens with zero attached hydrogens (tertiary/aromatic N) is 3. The maximum atomic E-state index is 5.58. The van der Waals surface area contributed by atoms with E-state index in [0.29, 0.717) is 5.89 Å². The molecule has 0 bridgehead atoms. The molecule has 0 atom stereocenters. The van der Waals surface area contributed by atoms with Gasteiger partial charge in [0.05, 0.1) is 0 Å². The highest BCUT2D eigenvalue weighted by Crippen LogP contribution is 2.22. The molecular weight excluding hydrogens is 478 g/mol. The van der Waals surface area contributed by atoms with Crippen molar-refractivity contribution in [1.82, 2.24) is 15.0 Å². The van der Waals surface area contributed by atoms with Crippen LogP contribution in [0.25, 0.3) is 22.6 Å². The summed E-state index contributed by atoms with van der Waals surface area (Å²) < 4.78 is 5.58. The molecule has 0 N–H and O–H groups in total. The normalized spacial score (nSPS) is 11.4. The van der Waals surface area contributed by atoms with Gasteiger partial charge in [-0.3, -0.25) is 0 Å². The summed E-state index contributed by atoms with van der Waals surface area (Å²) in [6, 6.07) is 28.0. The number of aromatic nitrogens is 2. The van der Waals surface area contributed by atoms with Crippen molar-refractivity contribution >= 4 is 0 Å². The van der Waals surface area contributed by atoms with Gasteiger partial charge in [-0.15, -0.1) is 0 Å². The molecule has 0 amide bonds. The Morgan fingerprint density at radius 2 is 1.28 bits per heavy atom. The minimum atomic E-state index is 0.623. The minimum Gasteiger partial charge on any atom is -0.334 e. The molecule has 0 spiro atoms. The van der Waals surface area contributed by atoms with E-state index in [-0.39, 0.29) is 0 Å². The maximum absolute atomic E-state index is 5.58. The first-order valence-corrected chi connectivity index (χ1v) is 15.0. The number of benzene rings is 3. The third-order valence-electron chi connectivity index (χ3n) is 7.47. The summed E-state index contributed by atoms with van der Waals surface area (Å²) in [5, 5.41) is 4.23. The standard InChI is InChI=1S/C35H45N3O/c1-3-5-6-7-8-9-10-11-15-21-34-36-35(39-37-34)32-24-22-29(23-25-32)27-38(4-2)28-30-17-16-20-33(26-30)31-18-13-12-14-19-31/h12-14,16-20,22-26H,3-11,15,21,27-28H2,1-2H3/q+1. The average molecular weight is 524 g/mol. The van der Waals surface area contributed by atoms with Gasteiger partial charge in [0.15, 0.2) is 5.82 Å². The molecule has 0 fully saturated rings. The van der Waals surface area contributed by atoms with Crippen molar-refractivity contribution in [2.45, 2.75) is 91.1 Å². The van der Waals surface area contributed by atoms with Crippen molar-refractivity contribution in [2.24, 2.45) is 0 Å². The number of rotatable bonds is 17. The van der Waals surface area contributed by atoms with Gasteiger partial charge < -0.3 is 4.52 Å². The summed E-state index contributed by atoms with van der Waals surface area (Å²) in [5.74, 6) is 1.45. The van der Waals surface area contributed by atoms with Gasteiger partial charge in [0.2, 0.25) is 0 Å². The average Bonchev–Trinajstić information content (AvgIpc) is 3.46. The zero-order valence-electron chi connectivity index (χ0n) is 23.9. The molecule has 0 unspecified atom stereocenters. The Balaban J connectivity index is 1.23. The van der Waals surface area contributed by atoms with Crippen LogP contribution < -0.4 is 4.90 Å². The first kappa shape index (κ1) is 28.8. The lowest BCUT2D eigenvalue weighted by Crippen LogP contribution is -2.28. The third kappa shape index (κ3) is 9.47. The Bertz CT molecular complexity index is 1220. The Morgan fingerprint density at radius 1 is 0.615 bits per heavy atom. The Labute approximate surface area is 235 Å². The molecule has 39 heavy (non-hydrogen) atoms. The van der Waals surface area contributed by atoms with Crippen LogP contribution in [0, 0.1) is 0 Å². The van der Waals surface area contributed by atoms with Crippen molar-refractivity contribution in [3.8, 4) is 22.6 Å². The van der Waals surface area contributed by atoms with E-state index in [1.54, 1.807) is 0 Å². The Kier molecular flexibility index (Phi) is 11.8. The topological polar surface area (TPSA) is 44.8 Å². The molecule has 205 valence electrons. The fourth-order valence-electron chi connectivity index (χ4n) is 5.10. The molecule has 4 nitrogen and oxygen atoms in total. The second-order valence-electron chi connectivity index (χ2n) is 10.7. The van der Waals surface area contributed by atoms with Crippen LogP contribution in [-0.4, -0.2) is 16.7 Å². The zero-order chi connectivity index (χ0) is 27.1. The van der Waals surface area contributed by atoms with Crippen LogP contribution in [0.3, 0.4) is 0 Å². The van der Waals surface area contributed by atoms with Gasteiger partial charge in [0.1, 0.15) is 19.6 Å². The van der Waals surface area contributed by atoms with E-state index < -0.39 is 0 Å². The highest BCUT2D eigenvalue weighted by molar-refractivity contribution is 5.64. The zero-order valence-corrected chi connectivity index (χ0v) is 23.9. The largest absolute Gasteiger partial charge is 0.334 e. The smallest absolute Gasteiger partial charge is 0.257 e. The van der Waals surface area contributed by atoms with E-state index in [1.807, 2.05) is 0 Å². The highest BCUT2D eigenvalue weighted by atomic mass is 16.5. The van der Waals surface area contributed by atoms with Crippen LogP contribution >= 0.6 is 0 Å². The van der Waals surface area contributed by atoms with Crippen LogP contribution in [0.5, 0.6) is 0 Å². The lowest BCUT2D eigenvalue weighted by atomic mass is 10.0. The molecule has 1 radical (unpaired) electrons. The fraction of sp³-hybridized carbons (Fsp3) is 0.429. The van der Waals surface area contributed by atoms with E-state index >= 15 is 0 Å². The van der Waals surface area contributed by atoms with Crippen molar-refractivity contribution in [3.63, 3.8) is 0 Å². The second kappa shape index (κ2) is 16.0. The first-order valence-electron chi connectivity index (χ1n) is 15.0. The van der Waals surface area contributed by atoms with Crippen LogP contribution in [-0.2, 0) is 19.5 Å². The molecule has 4 heteroatoms. The summed E-state index contributed by atoms with van der Waals surface area (Å²) in [6.07, 6.45) is 12.8. The monoisotopic (exact) mass is 523 g/mol. The SMILES string of the molecule is CCCCCCCCCCCc1noc(-c2ccc(C[N+](CC)Cc3cccc(-c4ccccc4)c3)cc2)n1. The molecule has 4 aromatic rings. The van der Waals surface area contributed by atoms with E-state index in [4.69, 9.17) is 4.52 Å². The van der Waals surface area contributed by atoms with E-state index in [2.05, 4.69) is 108 Å². The number of hydrogen-bond acceptors (Lipinski definition) is 4. The summed E-state index contributed by atoms with van der Waals surface area (Å²) in [4.78, 5) is 7.12. The summed E-state index contributed by atoms with van der Waals surface area (Å²) in [5.41, 5.74) is 6.14. The Morgan fingerprint density at radius 3 is 2.00 bits per heavy atom. The molecule has 1 aromatic heterocycles. The quantitative estimate of drug-likeness (QED) is 0.102. The van der Waals surface area contributed by atoms with E-state index in [9.17, 15) is 0 Å². The van der Waals surface area contributed by atoms with E-state index in [0.717, 1.165) is 43.9 Å². The van der Waals surface area contributed by atoms with Crippen LogP contribution in [0.1, 0.15) is 88.6 Å². The van der Waals surface area contributed by atoms with Crippen molar-refractivity contribution in [1.29, 1.82) is 0 Å². The number of aryl methyl sites for hydroxylation is 1. The molecule has 0 saturated carbocycles. The van der Waals surface area contributed by atoms with Crippen molar-refractivity contribution < 1.29 is 4.52 Å². The van der Waals surface area contributed by atoms with Gasteiger partial charge in [-0.05, 0) is 42.7 Å². The van der Waals surface area contributed by atoms with E-state index in [1.165, 1.54) is 73.6 Å². The summed E-state index contributed by atoms with van der Waals surface area (Å²) in [6.45, 7) is 7.31. The number of hydrogen-bond donors (Lipinski definition) is 0. The highest BCUT2D eigenvalue weighted by Gasteiger charge is 2.16. The maximum Gasteiger partial charge on any atom is 0.257 e. The Hall–Kier alpha value is -3.24. The molecule has 0 saturated heterocycles. The molecule has 0 aliphatic carbocycles. The lowest BCUT2D eigenvalue weighted by Gasteiger charge is -2.12. The molecule has 3 aromatic carbocycles.